The fourth-order valence-electron chi connectivity index (χ4n) is 3.74. The fraction of sp³-hybridized carbons (Fsp3) is 0.154. The fourth-order valence-corrected chi connectivity index (χ4v) is 5.07. The summed E-state index contributed by atoms with van der Waals surface area (Å²) in [6.07, 6.45) is 0.437. The van der Waals surface area contributed by atoms with Gasteiger partial charge in [-0.05, 0) is 49.2 Å². The summed E-state index contributed by atoms with van der Waals surface area (Å²) >= 11 is 1.13. The first kappa shape index (κ1) is 27.0. The van der Waals surface area contributed by atoms with Gasteiger partial charge in [0.1, 0.15) is 0 Å². The Bertz CT molecular complexity index is 1680. The minimum absolute atomic E-state index is 0.0147. The van der Waals surface area contributed by atoms with Crippen LogP contribution in [0.25, 0.3) is 10.9 Å². The van der Waals surface area contributed by atoms with Gasteiger partial charge in [-0.25, -0.2) is 24.0 Å². The van der Waals surface area contributed by atoms with Gasteiger partial charge in [-0.15, -0.1) is 0 Å². The summed E-state index contributed by atoms with van der Waals surface area (Å²) in [5, 5.41) is 10.2. The highest BCUT2D eigenvalue weighted by atomic mass is 32.2. The number of hydrogen-bond acceptors (Lipinski definition) is 8. The Balaban J connectivity index is 1.51. The standard InChI is InChI=1S/C26H26N6O4S2/c1-17(20-6-2-4-8-22(20)27)30-31-24(33)16-37-26-29-23-9-5-3-7-21(23)25(34)32(26)15-14-18-10-12-19(13-11-18)38(28,35)36/h2-13H,14-16,27H2,1H3,(H,31,33)(H2,28,35,36)/b30-17+. The molecule has 0 radical (unpaired) electrons. The van der Waals surface area contributed by atoms with Crippen molar-refractivity contribution in [1.82, 2.24) is 15.0 Å². The second kappa shape index (κ2) is 11.6. The smallest absolute Gasteiger partial charge is 0.262 e. The lowest BCUT2D eigenvalue weighted by Gasteiger charge is -2.13. The Labute approximate surface area is 223 Å². The molecule has 12 heteroatoms. The number of rotatable bonds is 9. The number of nitrogens with zero attached hydrogens (tertiary/aromatic N) is 3. The molecular weight excluding hydrogens is 524 g/mol. The molecular formula is C26H26N6O4S2. The molecule has 4 rings (SSSR count). The van der Waals surface area contributed by atoms with Crippen molar-refractivity contribution in [3.8, 4) is 0 Å². The molecule has 196 valence electrons. The number of hydrazone groups is 1. The van der Waals surface area contributed by atoms with Crippen molar-refractivity contribution >= 4 is 50.0 Å². The van der Waals surface area contributed by atoms with Gasteiger partial charge in [0.25, 0.3) is 11.5 Å². The quantitative estimate of drug-likeness (QED) is 0.0948. The zero-order chi connectivity index (χ0) is 27.3. The van der Waals surface area contributed by atoms with E-state index in [-0.39, 0.29) is 28.7 Å². The number of anilines is 1. The summed E-state index contributed by atoms with van der Waals surface area (Å²) in [4.78, 5) is 30.5. The number of thioether (sulfide) groups is 1. The minimum atomic E-state index is -3.79. The molecule has 1 amide bonds. The molecule has 1 aromatic heterocycles. The second-order valence-electron chi connectivity index (χ2n) is 8.42. The number of carbonyl (C=O) groups is 1. The van der Waals surface area contributed by atoms with Crippen LogP contribution in [0.5, 0.6) is 0 Å². The van der Waals surface area contributed by atoms with Crippen LogP contribution in [-0.4, -0.2) is 35.3 Å². The van der Waals surface area contributed by atoms with Crippen molar-refractivity contribution in [3.63, 3.8) is 0 Å². The number of nitrogens with one attached hydrogen (secondary N) is 1. The van der Waals surface area contributed by atoms with E-state index >= 15 is 0 Å². The maximum Gasteiger partial charge on any atom is 0.262 e. The topological polar surface area (TPSA) is 163 Å². The van der Waals surface area contributed by atoms with E-state index in [2.05, 4.69) is 15.5 Å². The Morgan fingerprint density at radius 2 is 1.74 bits per heavy atom. The van der Waals surface area contributed by atoms with Crippen LogP contribution in [0.3, 0.4) is 0 Å². The van der Waals surface area contributed by atoms with Crippen LogP contribution < -0.4 is 21.9 Å². The van der Waals surface area contributed by atoms with Crippen molar-refractivity contribution in [2.75, 3.05) is 11.5 Å². The normalized spacial score (nSPS) is 12.0. The molecule has 3 aromatic carbocycles. The van der Waals surface area contributed by atoms with E-state index in [9.17, 15) is 18.0 Å². The molecule has 4 aromatic rings. The van der Waals surface area contributed by atoms with Crippen molar-refractivity contribution in [1.29, 1.82) is 0 Å². The first-order valence-electron chi connectivity index (χ1n) is 11.6. The Morgan fingerprint density at radius 3 is 2.45 bits per heavy atom. The number of primary sulfonamides is 1. The van der Waals surface area contributed by atoms with Gasteiger partial charge in [0.2, 0.25) is 10.0 Å². The van der Waals surface area contributed by atoms with Crippen LogP contribution >= 0.6 is 11.8 Å². The average Bonchev–Trinajstić information content (AvgIpc) is 2.90. The van der Waals surface area contributed by atoms with Crippen molar-refractivity contribution in [2.45, 2.75) is 29.9 Å². The lowest BCUT2D eigenvalue weighted by molar-refractivity contribution is -0.118. The van der Waals surface area contributed by atoms with Crippen LogP contribution in [0.15, 0.2) is 92.7 Å². The largest absolute Gasteiger partial charge is 0.398 e. The van der Waals surface area contributed by atoms with Crippen molar-refractivity contribution in [3.05, 3.63) is 94.3 Å². The van der Waals surface area contributed by atoms with Gasteiger partial charge in [0.15, 0.2) is 5.16 Å². The maximum atomic E-state index is 13.3. The van der Waals surface area contributed by atoms with Gasteiger partial charge < -0.3 is 5.73 Å². The van der Waals surface area contributed by atoms with Gasteiger partial charge in [0, 0.05) is 17.8 Å². The second-order valence-corrected chi connectivity index (χ2v) is 10.9. The molecule has 0 fully saturated rings. The molecule has 0 aliphatic heterocycles. The van der Waals surface area contributed by atoms with Crippen LogP contribution in [0.1, 0.15) is 18.1 Å². The molecule has 0 atom stereocenters. The third-order valence-corrected chi connectivity index (χ3v) is 7.64. The lowest BCUT2D eigenvalue weighted by atomic mass is 10.1. The SMILES string of the molecule is C/C(=N\NC(=O)CSc1nc2ccccc2c(=O)n1CCc1ccc(S(N)(=O)=O)cc1)c1ccccc1N. The zero-order valence-electron chi connectivity index (χ0n) is 20.5. The summed E-state index contributed by atoms with van der Waals surface area (Å²) in [5.74, 6) is -0.383. The molecule has 10 nitrogen and oxygen atoms in total. The lowest BCUT2D eigenvalue weighted by Crippen LogP contribution is -2.26. The Morgan fingerprint density at radius 1 is 1.05 bits per heavy atom. The van der Waals surface area contributed by atoms with E-state index < -0.39 is 10.0 Å². The number of aromatic nitrogens is 2. The van der Waals surface area contributed by atoms with E-state index in [0.717, 1.165) is 22.9 Å². The highest BCUT2D eigenvalue weighted by Crippen LogP contribution is 2.19. The van der Waals surface area contributed by atoms with E-state index in [1.807, 2.05) is 18.2 Å². The molecule has 0 aliphatic rings. The van der Waals surface area contributed by atoms with Gasteiger partial charge in [-0.2, -0.15) is 5.10 Å². The summed E-state index contributed by atoms with van der Waals surface area (Å²) < 4.78 is 24.5. The first-order chi connectivity index (χ1) is 18.1. The van der Waals surface area contributed by atoms with Gasteiger partial charge in [0.05, 0.1) is 27.3 Å². The van der Waals surface area contributed by atoms with Crippen LogP contribution in [0.4, 0.5) is 5.69 Å². The number of sulfonamides is 1. The highest BCUT2D eigenvalue weighted by molar-refractivity contribution is 7.99. The number of carbonyl (C=O) groups excluding carboxylic acids is 1. The number of hydrogen-bond donors (Lipinski definition) is 3. The molecule has 0 unspecified atom stereocenters. The number of para-hydroxylation sites is 2. The summed E-state index contributed by atoms with van der Waals surface area (Å²) in [6.45, 7) is 2.02. The summed E-state index contributed by atoms with van der Waals surface area (Å²) in [6, 6.07) is 20.4. The van der Waals surface area contributed by atoms with E-state index in [0.29, 0.717) is 33.9 Å². The average molecular weight is 551 g/mol. The highest BCUT2D eigenvalue weighted by Gasteiger charge is 2.14. The predicted molar refractivity (Wildman–Crippen MR) is 149 cm³/mol. The number of aryl methyl sites for hydroxylation is 1. The van der Waals surface area contributed by atoms with Gasteiger partial charge >= 0.3 is 0 Å². The maximum absolute atomic E-state index is 13.3. The zero-order valence-corrected chi connectivity index (χ0v) is 22.1. The third-order valence-electron chi connectivity index (χ3n) is 5.73. The Hall–Kier alpha value is -4.00. The summed E-state index contributed by atoms with van der Waals surface area (Å²) in [7, 11) is -3.79. The first-order valence-corrected chi connectivity index (χ1v) is 14.1. The van der Waals surface area contributed by atoms with Gasteiger partial charge in [-0.3, -0.25) is 14.2 Å². The molecule has 38 heavy (non-hydrogen) atoms. The molecule has 1 heterocycles. The van der Waals surface area contributed by atoms with Crippen molar-refractivity contribution in [2.24, 2.45) is 10.2 Å². The van der Waals surface area contributed by atoms with Crippen LogP contribution in [-0.2, 0) is 27.8 Å². The third kappa shape index (κ3) is 6.46. The molecule has 0 aliphatic carbocycles. The number of fused-ring (bicyclic) bond motifs is 1. The Kier molecular flexibility index (Phi) is 8.25. The van der Waals surface area contributed by atoms with E-state index in [1.54, 1.807) is 49.4 Å². The predicted octanol–water partition coefficient (Wildman–Crippen LogP) is 2.50. The van der Waals surface area contributed by atoms with Crippen LogP contribution in [0, 0.1) is 0 Å². The number of amides is 1. The molecule has 0 saturated heterocycles. The number of nitrogen functional groups attached to an aromatic ring is 1. The monoisotopic (exact) mass is 550 g/mol. The molecule has 0 saturated carbocycles. The summed E-state index contributed by atoms with van der Waals surface area (Å²) in [5.41, 5.74) is 11.5. The van der Waals surface area contributed by atoms with Crippen molar-refractivity contribution < 1.29 is 13.2 Å². The molecule has 0 spiro atoms. The number of benzene rings is 3. The van der Waals surface area contributed by atoms with Gasteiger partial charge in [-0.1, -0.05) is 54.2 Å². The number of nitrogens with two attached hydrogens (primary N) is 2. The molecule has 0 bridgehead atoms. The molecule has 5 N–H and O–H groups in total. The van der Waals surface area contributed by atoms with E-state index in [4.69, 9.17) is 10.9 Å². The van der Waals surface area contributed by atoms with E-state index in [1.165, 1.54) is 16.7 Å². The minimum Gasteiger partial charge on any atom is -0.398 e. The van der Waals surface area contributed by atoms with Crippen LogP contribution in [0.2, 0.25) is 0 Å².